The summed E-state index contributed by atoms with van der Waals surface area (Å²) in [6, 6.07) is 2.01. The van der Waals surface area contributed by atoms with E-state index in [1.807, 2.05) is 30.1 Å². The van der Waals surface area contributed by atoms with Crippen LogP contribution in [0, 0.1) is 12.8 Å². The number of thioether (sulfide) groups is 1. The topological polar surface area (TPSA) is 17.1 Å². The van der Waals surface area contributed by atoms with Crippen LogP contribution < -0.4 is 0 Å². The van der Waals surface area contributed by atoms with E-state index < -0.39 is 0 Å². The number of carbonyl (C=O) groups is 1. The van der Waals surface area contributed by atoms with Gasteiger partial charge in [-0.15, -0.1) is 11.3 Å². The van der Waals surface area contributed by atoms with Gasteiger partial charge in [0.2, 0.25) is 0 Å². The Morgan fingerprint density at radius 2 is 2.46 bits per heavy atom. The molecule has 1 aromatic rings. The number of hydrogen-bond donors (Lipinski definition) is 0. The molecule has 0 aromatic carbocycles. The molecule has 0 N–H and O–H groups in total. The first-order chi connectivity index (χ1) is 6.27. The second kappa shape index (κ2) is 3.84. The summed E-state index contributed by atoms with van der Waals surface area (Å²) in [6.07, 6.45) is 1.07. The predicted molar refractivity (Wildman–Crippen MR) is 58.8 cm³/mol. The number of Topliss-reactive ketones (excluding diaryl/α,β-unsaturated/α-hetero) is 1. The Labute approximate surface area is 86.5 Å². The lowest BCUT2D eigenvalue weighted by molar-refractivity contribution is 0.0934. The van der Waals surface area contributed by atoms with Crippen LogP contribution in [0.5, 0.6) is 0 Å². The van der Waals surface area contributed by atoms with Gasteiger partial charge in [-0.2, -0.15) is 11.8 Å². The highest BCUT2D eigenvalue weighted by Gasteiger charge is 2.24. The number of ketones is 1. The Balaban J connectivity index is 2.12. The third-order valence-corrected chi connectivity index (χ3v) is 4.34. The maximum absolute atomic E-state index is 11.9. The molecule has 0 spiro atoms. The molecular formula is C10H12OS2. The molecule has 1 aliphatic rings. The van der Waals surface area contributed by atoms with Crippen LogP contribution in [0.2, 0.25) is 0 Å². The molecule has 1 fully saturated rings. The SMILES string of the molecule is Cc1cc(C(=O)C2CCSC2)cs1. The quantitative estimate of drug-likeness (QED) is 0.701. The number of thiophene rings is 1. The fourth-order valence-electron chi connectivity index (χ4n) is 1.55. The molecule has 70 valence electrons. The molecular weight excluding hydrogens is 200 g/mol. The number of hydrogen-bond acceptors (Lipinski definition) is 3. The van der Waals surface area contributed by atoms with Gasteiger partial charge in [0.25, 0.3) is 0 Å². The standard InChI is InChI=1S/C10H12OS2/c1-7-4-9(6-13-7)10(11)8-2-3-12-5-8/h4,6,8H,2-3,5H2,1H3. The van der Waals surface area contributed by atoms with Crippen molar-refractivity contribution < 1.29 is 4.79 Å². The molecule has 0 radical (unpaired) electrons. The van der Waals surface area contributed by atoms with Gasteiger partial charge >= 0.3 is 0 Å². The first kappa shape index (κ1) is 9.28. The van der Waals surface area contributed by atoms with Crippen molar-refractivity contribution in [2.24, 2.45) is 5.92 Å². The van der Waals surface area contributed by atoms with Crippen LogP contribution in [-0.2, 0) is 0 Å². The van der Waals surface area contributed by atoms with Gasteiger partial charge in [-0.1, -0.05) is 0 Å². The van der Waals surface area contributed by atoms with Crippen molar-refractivity contribution in [3.8, 4) is 0 Å². The molecule has 1 atom stereocenters. The summed E-state index contributed by atoms with van der Waals surface area (Å²) >= 11 is 3.56. The van der Waals surface area contributed by atoms with Gasteiger partial charge in [-0.05, 0) is 25.2 Å². The van der Waals surface area contributed by atoms with E-state index in [9.17, 15) is 4.79 Å². The minimum atomic E-state index is 0.291. The molecule has 1 aliphatic heterocycles. The average Bonchev–Trinajstić information content (AvgIpc) is 2.72. The molecule has 0 bridgehead atoms. The first-order valence-electron chi connectivity index (χ1n) is 4.44. The highest BCUT2D eigenvalue weighted by Crippen LogP contribution is 2.27. The maximum Gasteiger partial charge on any atom is 0.167 e. The molecule has 2 heterocycles. The van der Waals surface area contributed by atoms with E-state index in [-0.39, 0.29) is 0 Å². The minimum absolute atomic E-state index is 0.291. The van der Waals surface area contributed by atoms with E-state index in [1.54, 1.807) is 11.3 Å². The van der Waals surface area contributed by atoms with Gasteiger partial charge in [0, 0.05) is 27.5 Å². The Kier molecular flexibility index (Phi) is 2.74. The van der Waals surface area contributed by atoms with Crippen LogP contribution in [0.25, 0.3) is 0 Å². The fraction of sp³-hybridized carbons (Fsp3) is 0.500. The molecule has 0 amide bonds. The zero-order valence-corrected chi connectivity index (χ0v) is 9.21. The lowest BCUT2D eigenvalue weighted by Gasteiger charge is -2.03. The van der Waals surface area contributed by atoms with Crippen LogP contribution in [0.1, 0.15) is 21.7 Å². The molecule has 1 aromatic heterocycles. The van der Waals surface area contributed by atoms with Gasteiger partial charge < -0.3 is 0 Å². The first-order valence-corrected chi connectivity index (χ1v) is 6.48. The average molecular weight is 212 g/mol. The van der Waals surface area contributed by atoms with Crippen molar-refractivity contribution in [3.05, 3.63) is 21.9 Å². The van der Waals surface area contributed by atoms with Crippen LogP contribution in [0.4, 0.5) is 0 Å². The van der Waals surface area contributed by atoms with Gasteiger partial charge in [-0.3, -0.25) is 4.79 Å². The monoisotopic (exact) mass is 212 g/mol. The van der Waals surface area contributed by atoms with Crippen molar-refractivity contribution in [1.82, 2.24) is 0 Å². The van der Waals surface area contributed by atoms with Crippen LogP contribution >= 0.6 is 23.1 Å². The molecule has 1 nitrogen and oxygen atoms in total. The van der Waals surface area contributed by atoms with E-state index in [1.165, 1.54) is 4.88 Å². The molecule has 13 heavy (non-hydrogen) atoms. The van der Waals surface area contributed by atoms with E-state index in [0.717, 1.165) is 23.5 Å². The highest BCUT2D eigenvalue weighted by atomic mass is 32.2. The molecule has 0 saturated carbocycles. The van der Waals surface area contributed by atoms with Crippen LogP contribution in [-0.4, -0.2) is 17.3 Å². The smallest absolute Gasteiger partial charge is 0.167 e. The van der Waals surface area contributed by atoms with Gasteiger partial charge in [0.1, 0.15) is 0 Å². The Morgan fingerprint density at radius 3 is 3.00 bits per heavy atom. The largest absolute Gasteiger partial charge is 0.294 e. The third-order valence-electron chi connectivity index (χ3n) is 2.32. The second-order valence-electron chi connectivity index (χ2n) is 3.37. The summed E-state index contributed by atoms with van der Waals surface area (Å²) in [5, 5.41) is 1.99. The van der Waals surface area contributed by atoms with E-state index in [2.05, 4.69) is 0 Å². The summed E-state index contributed by atoms with van der Waals surface area (Å²) in [4.78, 5) is 13.1. The normalized spacial score (nSPS) is 22.1. The zero-order chi connectivity index (χ0) is 9.26. The van der Waals surface area contributed by atoms with Crippen molar-refractivity contribution in [2.75, 3.05) is 11.5 Å². The van der Waals surface area contributed by atoms with Gasteiger partial charge in [0.15, 0.2) is 5.78 Å². The maximum atomic E-state index is 11.9. The predicted octanol–water partition coefficient (Wildman–Crippen LogP) is 2.99. The lowest BCUT2D eigenvalue weighted by atomic mass is 9.99. The summed E-state index contributed by atoms with van der Waals surface area (Å²) in [6.45, 7) is 2.05. The highest BCUT2D eigenvalue weighted by molar-refractivity contribution is 7.99. The van der Waals surface area contributed by atoms with Gasteiger partial charge in [-0.25, -0.2) is 0 Å². The summed E-state index contributed by atoms with van der Waals surface area (Å²) in [5.74, 6) is 2.82. The number of aryl methyl sites for hydroxylation is 1. The van der Waals surface area contributed by atoms with Crippen molar-refractivity contribution >= 4 is 28.9 Å². The Morgan fingerprint density at radius 1 is 1.62 bits per heavy atom. The van der Waals surface area contributed by atoms with Crippen molar-refractivity contribution in [3.63, 3.8) is 0 Å². The third kappa shape index (κ3) is 1.97. The second-order valence-corrected chi connectivity index (χ2v) is 5.64. The molecule has 2 rings (SSSR count). The Hall–Kier alpha value is -0.280. The fourth-order valence-corrected chi connectivity index (χ4v) is 3.46. The van der Waals surface area contributed by atoms with Crippen molar-refractivity contribution in [1.29, 1.82) is 0 Å². The number of rotatable bonds is 2. The number of carbonyl (C=O) groups excluding carboxylic acids is 1. The van der Waals surface area contributed by atoms with E-state index in [4.69, 9.17) is 0 Å². The van der Waals surface area contributed by atoms with E-state index in [0.29, 0.717) is 11.7 Å². The molecule has 3 heteroatoms. The van der Waals surface area contributed by atoms with E-state index >= 15 is 0 Å². The summed E-state index contributed by atoms with van der Waals surface area (Å²) in [7, 11) is 0. The zero-order valence-electron chi connectivity index (χ0n) is 7.58. The summed E-state index contributed by atoms with van der Waals surface area (Å²) < 4.78 is 0. The molecule has 1 saturated heterocycles. The summed E-state index contributed by atoms with van der Waals surface area (Å²) in [5.41, 5.74) is 0.926. The van der Waals surface area contributed by atoms with Crippen molar-refractivity contribution in [2.45, 2.75) is 13.3 Å². The lowest BCUT2D eigenvalue weighted by Crippen LogP contribution is -2.12. The van der Waals surface area contributed by atoms with Gasteiger partial charge in [0.05, 0.1) is 0 Å². The minimum Gasteiger partial charge on any atom is -0.294 e. The van der Waals surface area contributed by atoms with Crippen LogP contribution in [0.3, 0.4) is 0 Å². The molecule has 1 unspecified atom stereocenters. The molecule has 0 aliphatic carbocycles. The Bertz CT molecular complexity index is 310. The van der Waals surface area contributed by atoms with Crippen LogP contribution in [0.15, 0.2) is 11.4 Å².